The molecule has 1 fully saturated rings. The molecule has 3 unspecified atom stereocenters. The zero-order valence-electron chi connectivity index (χ0n) is 6.57. The molecule has 2 heteroatoms. The predicted octanol–water partition coefficient (Wildman–Crippen LogP) is 1.84. The number of rotatable bonds is 1. The summed E-state index contributed by atoms with van der Waals surface area (Å²) >= 11 is 0. The SMILES string of the molecule is CCC1C=CC=CC2OOC12. The minimum atomic E-state index is 0.190. The molecule has 0 radical (unpaired) electrons. The van der Waals surface area contributed by atoms with Gasteiger partial charge in [-0.3, -0.25) is 0 Å². The second-order valence-corrected chi connectivity index (χ2v) is 2.96. The smallest absolute Gasteiger partial charge is 0.141 e. The van der Waals surface area contributed by atoms with Crippen LogP contribution in [0.15, 0.2) is 24.3 Å². The molecule has 11 heavy (non-hydrogen) atoms. The summed E-state index contributed by atoms with van der Waals surface area (Å²) in [6.07, 6.45) is 9.88. The van der Waals surface area contributed by atoms with E-state index in [4.69, 9.17) is 9.78 Å². The van der Waals surface area contributed by atoms with Gasteiger partial charge in [-0.25, -0.2) is 9.78 Å². The minimum absolute atomic E-state index is 0.190. The average molecular weight is 152 g/mol. The Morgan fingerprint density at radius 1 is 1.18 bits per heavy atom. The van der Waals surface area contributed by atoms with Crippen LogP contribution in [0.25, 0.3) is 0 Å². The van der Waals surface area contributed by atoms with Gasteiger partial charge >= 0.3 is 0 Å². The van der Waals surface area contributed by atoms with Gasteiger partial charge in [0, 0.05) is 5.92 Å². The van der Waals surface area contributed by atoms with E-state index < -0.39 is 0 Å². The molecule has 3 atom stereocenters. The molecule has 0 aromatic carbocycles. The summed E-state index contributed by atoms with van der Waals surface area (Å²) in [7, 11) is 0. The Labute approximate surface area is 66.4 Å². The molecular formula is C9H12O2. The molecule has 2 nitrogen and oxygen atoms in total. The van der Waals surface area contributed by atoms with Gasteiger partial charge in [0.05, 0.1) is 0 Å². The molecule has 0 saturated carbocycles. The first-order chi connectivity index (χ1) is 5.42. The van der Waals surface area contributed by atoms with Crippen LogP contribution in [0.2, 0.25) is 0 Å². The van der Waals surface area contributed by atoms with Crippen LogP contribution in [0.4, 0.5) is 0 Å². The van der Waals surface area contributed by atoms with Crippen LogP contribution in [-0.2, 0) is 9.78 Å². The fraction of sp³-hybridized carbons (Fsp3) is 0.556. The topological polar surface area (TPSA) is 18.5 Å². The molecule has 0 aromatic heterocycles. The highest BCUT2D eigenvalue weighted by atomic mass is 17.2. The Hall–Kier alpha value is -0.600. The lowest BCUT2D eigenvalue weighted by molar-refractivity contribution is -0.459. The lowest BCUT2D eigenvalue weighted by Gasteiger charge is -2.36. The zero-order valence-corrected chi connectivity index (χ0v) is 6.57. The summed E-state index contributed by atoms with van der Waals surface area (Å²) in [5.74, 6) is 0.517. The first-order valence-corrected chi connectivity index (χ1v) is 4.09. The molecule has 0 spiro atoms. The first kappa shape index (κ1) is 7.07. The minimum Gasteiger partial charge on any atom is -0.229 e. The number of allylic oxidation sites excluding steroid dienone is 2. The third-order valence-electron chi connectivity index (χ3n) is 2.27. The number of fused-ring (bicyclic) bond motifs is 1. The van der Waals surface area contributed by atoms with Crippen molar-refractivity contribution in [2.75, 3.05) is 0 Å². The van der Waals surface area contributed by atoms with E-state index in [1.54, 1.807) is 0 Å². The summed E-state index contributed by atoms with van der Waals surface area (Å²) in [5.41, 5.74) is 0. The molecule has 1 aliphatic heterocycles. The molecule has 60 valence electrons. The summed E-state index contributed by atoms with van der Waals surface area (Å²) in [5, 5.41) is 0. The van der Waals surface area contributed by atoms with Crippen molar-refractivity contribution in [3.05, 3.63) is 24.3 Å². The van der Waals surface area contributed by atoms with Gasteiger partial charge in [-0.1, -0.05) is 25.2 Å². The fourth-order valence-corrected chi connectivity index (χ4v) is 1.50. The van der Waals surface area contributed by atoms with Crippen LogP contribution in [0.3, 0.4) is 0 Å². The van der Waals surface area contributed by atoms with Crippen molar-refractivity contribution in [2.24, 2.45) is 5.92 Å². The van der Waals surface area contributed by atoms with Crippen LogP contribution in [0.1, 0.15) is 13.3 Å². The van der Waals surface area contributed by atoms with E-state index in [1.807, 2.05) is 12.2 Å². The molecule has 0 N–H and O–H groups in total. The highest BCUT2D eigenvalue weighted by molar-refractivity contribution is 5.15. The van der Waals surface area contributed by atoms with E-state index in [1.165, 1.54) is 0 Å². The predicted molar refractivity (Wildman–Crippen MR) is 41.8 cm³/mol. The van der Waals surface area contributed by atoms with Crippen molar-refractivity contribution in [3.8, 4) is 0 Å². The summed E-state index contributed by atoms with van der Waals surface area (Å²) in [6.45, 7) is 2.17. The normalized spacial score (nSPS) is 41.0. The standard InChI is InChI=1S/C9H12O2/c1-2-7-5-3-4-6-8-9(7)11-10-8/h3-9H,2H2,1H3. The maximum atomic E-state index is 5.02. The van der Waals surface area contributed by atoms with Crippen LogP contribution >= 0.6 is 0 Å². The Balaban J connectivity index is 2.11. The van der Waals surface area contributed by atoms with Crippen LogP contribution in [0.5, 0.6) is 0 Å². The number of hydrogen-bond donors (Lipinski definition) is 0. The van der Waals surface area contributed by atoms with Crippen molar-refractivity contribution >= 4 is 0 Å². The Bertz CT molecular complexity index is 196. The van der Waals surface area contributed by atoms with Gasteiger partial charge in [0.25, 0.3) is 0 Å². The molecule has 0 aromatic rings. The van der Waals surface area contributed by atoms with Gasteiger partial charge < -0.3 is 0 Å². The van der Waals surface area contributed by atoms with Crippen LogP contribution in [-0.4, -0.2) is 12.2 Å². The Morgan fingerprint density at radius 2 is 2.00 bits per heavy atom. The largest absolute Gasteiger partial charge is 0.229 e. The van der Waals surface area contributed by atoms with E-state index in [0.717, 1.165) is 6.42 Å². The van der Waals surface area contributed by atoms with Crippen molar-refractivity contribution < 1.29 is 9.78 Å². The third-order valence-corrected chi connectivity index (χ3v) is 2.27. The molecule has 2 aliphatic rings. The van der Waals surface area contributed by atoms with Crippen LogP contribution < -0.4 is 0 Å². The third kappa shape index (κ3) is 1.12. The van der Waals surface area contributed by atoms with E-state index in [9.17, 15) is 0 Å². The van der Waals surface area contributed by atoms with Gasteiger partial charge in [0.1, 0.15) is 12.2 Å². The van der Waals surface area contributed by atoms with E-state index >= 15 is 0 Å². The fourth-order valence-electron chi connectivity index (χ4n) is 1.50. The highest BCUT2D eigenvalue weighted by Gasteiger charge is 2.38. The molecule has 0 amide bonds. The van der Waals surface area contributed by atoms with Crippen molar-refractivity contribution in [1.29, 1.82) is 0 Å². The summed E-state index contributed by atoms with van der Waals surface area (Å²) in [4.78, 5) is 9.94. The lowest BCUT2D eigenvalue weighted by Crippen LogP contribution is -2.45. The second kappa shape index (κ2) is 2.80. The first-order valence-electron chi connectivity index (χ1n) is 4.09. The quantitative estimate of drug-likeness (QED) is 0.534. The maximum Gasteiger partial charge on any atom is 0.141 e. The van der Waals surface area contributed by atoms with Gasteiger partial charge in [0.15, 0.2) is 0 Å². The summed E-state index contributed by atoms with van der Waals surface area (Å²) in [6, 6.07) is 0. The molecule has 0 bridgehead atoms. The average Bonchev–Trinajstić information content (AvgIpc) is 2.10. The van der Waals surface area contributed by atoms with E-state index in [2.05, 4.69) is 19.1 Å². The van der Waals surface area contributed by atoms with Gasteiger partial charge in [-0.05, 0) is 12.5 Å². The Kier molecular flexibility index (Phi) is 1.80. The maximum absolute atomic E-state index is 5.02. The monoisotopic (exact) mass is 152 g/mol. The molecule has 2 rings (SSSR count). The molecule has 1 saturated heterocycles. The van der Waals surface area contributed by atoms with Crippen LogP contribution in [0, 0.1) is 5.92 Å². The zero-order chi connectivity index (χ0) is 7.68. The van der Waals surface area contributed by atoms with E-state index in [-0.39, 0.29) is 12.2 Å². The van der Waals surface area contributed by atoms with Crippen molar-refractivity contribution in [3.63, 3.8) is 0 Å². The highest BCUT2D eigenvalue weighted by Crippen LogP contribution is 2.30. The van der Waals surface area contributed by atoms with Gasteiger partial charge in [-0.2, -0.15) is 0 Å². The molecular weight excluding hydrogens is 140 g/mol. The van der Waals surface area contributed by atoms with Crippen molar-refractivity contribution in [1.82, 2.24) is 0 Å². The lowest BCUT2D eigenvalue weighted by atomic mass is 9.95. The number of hydrogen-bond acceptors (Lipinski definition) is 2. The molecule has 1 aliphatic carbocycles. The second-order valence-electron chi connectivity index (χ2n) is 2.96. The van der Waals surface area contributed by atoms with Gasteiger partial charge in [-0.15, -0.1) is 0 Å². The van der Waals surface area contributed by atoms with E-state index in [0.29, 0.717) is 5.92 Å². The molecule has 1 heterocycles. The Morgan fingerprint density at radius 3 is 2.64 bits per heavy atom. The van der Waals surface area contributed by atoms with Crippen molar-refractivity contribution in [2.45, 2.75) is 25.6 Å². The van der Waals surface area contributed by atoms with Gasteiger partial charge in [0.2, 0.25) is 0 Å². The summed E-state index contributed by atoms with van der Waals surface area (Å²) < 4.78 is 0.